The van der Waals surface area contributed by atoms with Crippen LogP contribution in [0, 0.1) is 0 Å². The molecule has 1 aromatic rings. The lowest BCUT2D eigenvalue weighted by molar-refractivity contribution is 1.18. The fraction of sp³-hybridized carbons (Fsp3) is 0.143. The van der Waals surface area contributed by atoms with E-state index in [9.17, 15) is 0 Å². The van der Waals surface area contributed by atoms with Crippen molar-refractivity contribution < 1.29 is 0 Å². The van der Waals surface area contributed by atoms with Crippen molar-refractivity contribution in [3.63, 3.8) is 0 Å². The molecule has 5 heteroatoms. The van der Waals surface area contributed by atoms with Gasteiger partial charge in [-0.1, -0.05) is 17.7 Å². The summed E-state index contributed by atoms with van der Waals surface area (Å²) < 4.78 is 0. The Bertz CT molecular complexity index is 277. The molecular weight excluding hydrogens is 176 g/mol. The zero-order valence-corrected chi connectivity index (χ0v) is 7.34. The Kier molecular flexibility index (Phi) is 2.88. The minimum atomic E-state index is 0.162. The summed E-state index contributed by atoms with van der Waals surface area (Å²) in [5.74, 6) is 0.750. The van der Waals surface area contributed by atoms with Crippen LogP contribution in [0.15, 0.2) is 18.3 Å². The van der Waals surface area contributed by atoms with Crippen LogP contribution >= 0.6 is 11.6 Å². The van der Waals surface area contributed by atoms with Crippen LogP contribution in [0.3, 0.4) is 0 Å². The highest BCUT2D eigenvalue weighted by Gasteiger charge is 1.96. The fourth-order valence-corrected chi connectivity index (χ4v) is 0.868. The summed E-state index contributed by atoms with van der Waals surface area (Å²) in [6.07, 6.45) is 3.57. The second kappa shape index (κ2) is 3.92. The van der Waals surface area contributed by atoms with E-state index in [2.05, 4.69) is 15.3 Å². The zero-order valence-electron chi connectivity index (χ0n) is 6.58. The smallest absolute Gasteiger partial charge is 0.223 e. The number of allylic oxidation sites excluding steroid dienone is 1. The van der Waals surface area contributed by atoms with E-state index in [4.69, 9.17) is 17.3 Å². The highest BCUT2D eigenvalue weighted by molar-refractivity contribution is 6.29. The predicted octanol–water partition coefficient (Wildman–Crippen LogP) is 1.66. The first-order chi connectivity index (χ1) is 5.72. The minimum Gasteiger partial charge on any atom is -0.368 e. The Balaban J connectivity index is 2.85. The van der Waals surface area contributed by atoms with Gasteiger partial charge < -0.3 is 11.1 Å². The quantitative estimate of drug-likeness (QED) is 0.687. The van der Waals surface area contributed by atoms with E-state index in [1.807, 2.05) is 13.0 Å². The molecule has 0 radical (unpaired) electrons. The first kappa shape index (κ1) is 8.80. The number of nitrogen functional groups attached to an aromatic ring is 1. The van der Waals surface area contributed by atoms with Crippen molar-refractivity contribution >= 4 is 23.4 Å². The third-order valence-corrected chi connectivity index (χ3v) is 1.30. The highest BCUT2D eigenvalue weighted by atomic mass is 35.5. The van der Waals surface area contributed by atoms with Gasteiger partial charge in [-0.05, 0) is 13.1 Å². The number of hydrogen-bond acceptors (Lipinski definition) is 4. The Labute approximate surface area is 75.5 Å². The van der Waals surface area contributed by atoms with Crippen molar-refractivity contribution in [2.45, 2.75) is 6.92 Å². The van der Waals surface area contributed by atoms with Crippen molar-refractivity contribution in [1.82, 2.24) is 9.97 Å². The number of hydrogen-bond donors (Lipinski definition) is 2. The van der Waals surface area contributed by atoms with Gasteiger partial charge in [0.2, 0.25) is 5.95 Å². The molecule has 0 fully saturated rings. The van der Waals surface area contributed by atoms with Gasteiger partial charge >= 0.3 is 0 Å². The van der Waals surface area contributed by atoms with Gasteiger partial charge in [-0.3, -0.25) is 0 Å². The topological polar surface area (TPSA) is 63.8 Å². The summed E-state index contributed by atoms with van der Waals surface area (Å²) in [6.45, 7) is 1.89. The molecule has 64 valence electrons. The lowest BCUT2D eigenvalue weighted by Gasteiger charge is -2.00. The third-order valence-electron chi connectivity index (χ3n) is 1.11. The molecule has 0 saturated carbocycles. The molecule has 0 aliphatic rings. The second-order valence-electron chi connectivity index (χ2n) is 2.08. The first-order valence-corrected chi connectivity index (χ1v) is 3.78. The Morgan fingerprint density at radius 2 is 2.33 bits per heavy atom. The molecule has 1 rings (SSSR count). The summed E-state index contributed by atoms with van der Waals surface area (Å²) in [6, 6.07) is 1.60. The normalized spacial score (nSPS) is 10.5. The van der Waals surface area contributed by atoms with Crippen molar-refractivity contribution in [2.75, 3.05) is 11.1 Å². The highest BCUT2D eigenvalue weighted by Crippen LogP contribution is 2.11. The van der Waals surface area contributed by atoms with Crippen LogP contribution in [0.25, 0.3) is 0 Å². The molecule has 0 bridgehead atoms. The monoisotopic (exact) mass is 184 g/mol. The van der Waals surface area contributed by atoms with E-state index in [0.29, 0.717) is 11.0 Å². The van der Waals surface area contributed by atoms with E-state index in [0.717, 1.165) is 0 Å². The summed E-state index contributed by atoms with van der Waals surface area (Å²) in [5, 5.41) is 3.21. The van der Waals surface area contributed by atoms with E-state index in [1.165, 1.54) is 0 Å². The van der Waals surface area contributed by atoms with Gasteiger partial charge in [0.25, 0.3) is 0 Å². The maximum atomic E-state index is 5.63. The molecule has 0 unspecified atom stereocenters. The van der Waals surface area contributed by atoms with Gasteiger partial charge in [-0.2, -0.15) is 4.98 Å². The van der Waals surface area contributed by atoms with Gasteiger partial charge in [-0.15, -0.1) is 0 Å². The van der Waals surface area contributed by atoms with Crippen LogP contribution in [0.1, 0.15) is 6.92 Å². The Morgan fingerprint density at radius 1 is 1.58 bits per heavy atom. The SMILES string of the molecule is CC=CNc1cc(Cl)nc(N)n1. The van der Waals surface area contributed by atoms with Gasteiger partial charge in [0.15, 0.2) is 0 Å². The lowest BCUT2D eigenvalue weighted by atomic mass is 10.5. The van der Waals surface area contributed by atoms with E-state index < -0.39 is 0 Å². The summed E-state index contributed by atoms with van der Waals surface area (Å²) >= 11 is 5.63. The Morgan fingerprint density at radius 3 is 2.92 bits per heavy atom. The van der Waals surface area contributed by atoms with Crippen LogP contribution in [-0.4, -0.2) is 9.97 Å². The van der Waals surface area contributed by atoms with Crippen LogP contribution in [0.2, 0.25) is 5.15 Å². The molecule has 1 heterocycles. The van der Waals surface area contributed by atoms with Crippen molar-refractivity contribution in [3.05, 3.63) is 23.5 Å². The summed E-state index contributed by atoms with van der Waals surface area (Å²) in [4.78, 5) is 7.60. The van der Waals surface area contributed by atoms with Crippen molar-refractivity contribution in [3.8, 4) is 0 Å². The number of rotatable bonds is 2. The maximum absolute atomic E-state index is 5.63. The summed E-state index contributed by atoms with van der Waals surface area (Å²) in [7, 11) is 0. The van der Waals surface area contributed by atoms with E-state index >= 15 is 0 Å². The van der Waals surface area contributed by atoms with Crippen LogP contribution in [-0.2, 0) is 0 Å². The second-order valence-corrected chi connectivity index (χ2v) is 2.47. The molecule has 0 spiro atoms. The third kappa shape index (κ3) is 2.39. The van der Waals surface area contributed by atoms with Gasteiger partial charge in [-0.25, -0.2) is 4.98 Å². The molecule has 0 aromatic carbocycles. The average molecular weight is 185 g/mol. The molecule has 0 atom stereocenters. The van der Waals surface area contributed by atoms with Crippen LogP contribution in [0.5, 0.6) is 0 Å². The predicted molar refractivity (Wildman–Crippen MR) is 49.9 cm³/mol. The molecule has 0 aliphatic carbocycles. The standard InChI is InChI=1S/C7H9ClN4/c1-2-3-10-6-4-5(8)11-7(9)12-6/h2-4H,1H3,(H3,9,10,11,12). The molecule has 1 aromatic heterocycles. The number of aromatic nitrogens is 2. The van der Waals surface area contributed by atoms with Gasteiger partial charge in [0.1, 0.15) is 11.0 Å². The number of halogens is 1. The van der Waals surface area contributed by atoms with Crippen LogP contribution in [0.4, 0.5) is 11.8 Å². The van der Waals surface area contributed by atoms with Gasteiger partial charge in [0, 0.05) is 6.07 Å². The number of nitrogens with one attached hydrogen (secondary N) is 1. The van der Waals surface area contributed by atoms with Crippen LogP contribution < -0.4 is 11.1 Å². The molecule has 0 amide bonds. The molecule has 0 aliphatic heterocycles. The molecule has 3 N–H and O–H groups in total. The van der Waals surface area contributed by atoms with Crippen molar-refractivity contribution in [1.29, 1.82) is 0 Å². The lowest BCUT2D eigenvalue weighted by Crippen LogP contribution is -1.98. The first-order valence-electron chi connectivity index (χ1n) is 3.40. The average Bonchev–Trinajstić information content (AvgIpc) is 1.99. The van der Waals surface area contributed by atoms with E-state index in [-0.39, 0.29) is 5.95 Å². The number of nitrogens with zero attached hydrogens (tertiary/aromatic N) is 2. The Hall–Kier alpha value is -1.29. The van der Waals surface area contributed by atoms with Gasteiger partial charge in [0.05, 0.1) is 0 Å². The number of nitrogens with two attached hydrogens (primary N) is 1. The fourth-order valence-electron chi connectivity index (χ4n) is 0.678. The minimum absolute atomic E-state index is 0.162. The number of anilines is 2. The maximum Gasteiger partial charge on any atom is 0.223 e. The zero-order chi connectivity index (χ0) is 8.97. The van der Waals surface area contributed by atoms with E-state index in [1.54, 1.807) is 12.3 Å². The molecule has 12 heavy (non-hydrogen) atoms. The summed E-state index contributed by atoms with van der Waals surface area (Å²) in [5.41, 5.74) is 5.36. The molecule has 4 nitrogen and oxygen atoms in total. The molecular formula is C7H9ClN4. The van der Waals surface area contributed by atoms with Crippen molar-refractivity contribution in [2.24, 2.45) is 0 Å². The largest absolute Gasteiger partial charge is 0.368 e. The molecule has 0 saturated heterocycles.